The summed E-state index contributed by atoms with van der Waals surface area (Å²) in [6, 6.07) is 8.68. The van der Waals surface area contributed by atoms with Gasteiger partial charge in [0.2, 0.25) is 0 Å². The van der Waals surface area contributed by atoms with Gasteiger partial charge in [0.25, 0.3) is 0 Å². The van der Waals surface area contributed by atoms with Gasteiger partial charge < -0.3 is 15.0 Å². The predicted molar refractivity (Wildman–Crippen MR) is 111 cm³/mol. The molecule has 2 rings (SSSR count). The molecule has 0 aromatic heterocycles. The second-order valence-electron chi connectivity index (χ2n) is 6.03. The minimum absolute atomic E-state index is 0. The third-order valence-electron chi connectivity index (χ3n) is 4.02. The summed E-state index contributed by atoms with van der Waals surface area (Å²) in [5, 5.41) is 3.38. The molecule has 0 radical (unpaired) electrons. The topological polar surface area (TPSA) is 40.1 Å². The Morgan fingerprint density at radius 1 is 1.25 bits per heavy atom. The number of aryl methyl sites for hydroxylation is 1. The summed E-state index contributed by atoms with van der Waals surface area (Å²) in [7, 11) is 2.09. The van der Waals surface area contributed by atoms with Gasteiger partial charge >= 0.3 is 0 Å². The first-order valence-electron chi connectivity index (χ1n) is 8.54. The van der Waals surface area contributed by atoms with E-state index in [2.05, 4.69) is 60.3 Å². The SMILES string of the molecule is CCNC(=NCCN1CCOCC1)N(C)Cc1ccc(C)cc1.I. The minimum Gasteiger partial charge on any atom is -0.379 e. The largest absolute Gasteiger partial charge is 0.379 e. The number of guanidine groups is 1. The van der Waals surface area contributed by atoms with Gasteiger partial charge in [0.1, 0.15) is 0 Å². The van der Waals surface area contributed by atoms with E-state index in [0.717, 1.165) is 58.4 Å². The smallest absolute Gasteiger partial charge is 0.194 e. The van der Waals surface area contributed by atoms with E-state index < -0.39 is 0 Å². The molecule has 1 fully saturated rings. The summed E-state index contributed by atoms with van der Waals surface area (Å²) >= 11 is 0. The first kappa shape index (κ1) is 21.2. The van der Waals surface area contributed by atoms with E-state index in [4.69, 9.17) is 9.73 Å². The molecule has 136 valence electrons. The van der Waals surface area contributed by atoms with Crippen molar-refractivity contribution in [2.45, 2.75) is 20.4 Å². The second-order valence-corrected chi connectivity index (χ2v) is 6.03. The number of hydrogen-bond donors (Lipinski definition) is 1. The highest BCUT2D eigenvalue weighted by Gasteiger charge is 2.10. The lowest BCUT2D eigenvalue weighted by Crippen LogP contribution is -2.40. The molecule has 0 atom stereocenters. The molecule has 1 saturated heterocycles. The van der Waals surface area contributed by atoms with Crippen LogP contribution in [0.3, 0.4) is 0 Å². The van der Waals surface area contributed by atoms with Crippen molar-refractivity contribution in [3.63, 3.8) is 0 Å². The molecule has 0 spiro atoms. The molecule has 24 heavy (non-hydrogen) atoms. The van der Waals surface area contributed by atoms with Gasteiger partial charge in [0.15, 0.2) is 5.96 Å². The van der Waals surface area contributed by atoms with E-state index in [9.17, 15) is 0 Å². The van der Waals surface area contributed by atoms with Gasteiger partial charge in [-0.05, 0) is 19.4 Å². The Balaban J connectivity index is 0.00000288. The minimum atomic E-state index is 0. The molecular formula is C18H31IN4O. The number of morpholine rings is 1. The fourth-order valence-electron chi connectivity index (χ4n) is 2.63. The Bertz CT molecular complexity index is 486. The van der Waals surface area contributed by atoms with Crippen LogP contribution in [0.4, 0.5) is 0 Å². The van der Waals surface area contributed by atoms with Crippen LogP contribution in [0.5, 0.6) is 0 Å². The molecule has 0 bridgehead atoms. The zero-order valence-electron chi connectivity index (χ0n) is 15.1. The number of hydrogen-bond acceptors (Lipinski definition) is 3. The number of ether oxygens (including phenoxy) is 1. The van der Waals surface area contributed by atoms with Gasteiger partial charge in [0, 0.05) is 39.8 Å². The summed E-state index contributed by atoms with van der Waals surface area (Å²) in [6.07, 6.45) is 0. The number of benzene rings is 1. The Labute approximate surface area is 163 Å². The average Bonchev–Trinajstić information content (AvgIpc) is 2.57. The van der Waals surface area contributed by atoms with Gasteiger partial charge in [0.05, 0.1) is 19.8 Å². The quantitative estimate of drug-likeness (QED) is 0.414. The lowest BCUT2D eigenvalue weighted by molar-refractivity contribution is 0.0394. The maximum atomic E-state index is 5.38. The van der Waals surface area contributed by atoms with Crippen LogP contribution in [-0.2, 0) is 11.3 Å². The molecule has 0 unspecified atom stereocenters. The summed E-state index contributed by atoms with van der Waals surface area (Å²) in [5.74, 6) is 0.973. The van der Waals surface area contributed by atoms with Crippen LogP contribution in [0.25, 0.3) is 0 Å². The fraction of sp³-hybridized carbons (Fsp3) is 0.611. The monoisotopic (exact) mass is 446 g/mol. The van der Waals surface area contributed by atoms with E-state index in [1.54, 1.807) is 0 Å². The maximum Gasteiger partial charge on any atom is 0.194 e. The van der Waals surface area contributed by atoms with Crippen LogP contribution >= 0.6 is 24.0 Å². The third-order valence-corrected chi connectivity index (χ3v) is 4.02. The molecule has 1 aromatic rings. The normalized spacial score (nSPS) is 15.7. The first-order valence-corrected chi connectivity index (χ1v) is 8.54. The molecule has 0 aliphatic carbocycles. The number of halogens is 1. The summed E-state index contributed by atoms with van der Waals surface area (Å²) < 4.78 is 5.38. The van der Waals surface area contributed by atoms with Crippen LogP contribution in [0.2, 0.25) is 0 Å². The van der Waals surface area contributed by atoms with Crippen molar-refractivity contribution in [2.75, 3.05) is 53.0 Å². The van der Waals surface area contributed by atoms with Crippen molar-refractivity contribution >= 4 is 29.9 Å². The van der Waals surface area contributed by atoms with Crippen molar-refractivity contribution in [2.24, 2.45) is 4.99 Å². The summed E-state index contributed by atoms with van der Waals surface area (Å²) in [4.78, 5) is 9.37. The van der Waals surface area contributed by atoms with Crippen LogP contribution in [0.15, 0.2) is 29.3 Å². The third kappa shape index (κ3) is 7.36. The van der Waals surface area contributed by atoms with Gasteiger partial charge in [-0.2, -0.15) is 0 Å². The molecule has 1 aliphatic rings. The van der Waals surface area contributed by atoms with Gasteiger partial charge in [-0.1, -0.05) is 29.8 Å². The van der Waals surface area contributed by atoms with Crippen LogP contribution in [0.1, 0.15) is 18.1 Å². The van der Waals surface area contributed by atoms with Crippen LogP contribution < -0.4 is 5.32 Å². The number of nitrogens with zero attached hydrogens (tertiary/aromatic N) is 3. The van der Waals surface area contributed by atoms with Gasteiger partial charge in [-0.25, -0.2) is 0 Å². The number of nitrogens with one attached hydrogen (secondary N) is 1. The lowest BCUT2D eigenvalue weighted by atomic mass is 10.1. The van der Waals surface area contributed by atoms with E-state index in [1.165, 1.54) is 11.1 Å². The Morgan fingerprint density at radius 2 is 1.92 bits per heavy atom. The number of rotatable bonds is 6. The molecule has 1 N–H and O–H groups in total. The second kappa shape index (κ2) is 11.7. The van der Waals surface area contributed by atoms with Crippen molar-refractivity contribution in [3.05, 3.63) is 35.4 Å². The molecule has 0 amide bonds. The van der Waals surface area contributed by atoms with E-state index in [0.29, 0.717) is 0 Å². The molecular weight excluding hydrogens is 415 g/mol. The standard InChI is InChI=1S/C18H30N4O.HI/c1-4-19-18(20-9-10-22-11-13-23-14-12-22)21(3)15-17-7-5-16(2)6-8-17;/h5-8H,4,9-15H2,1-3H3,(H,19,20);1H. The predicted octanol–water partition coefficient (Wildman–Crippen LogP) is 2.34. The Morgan fingerprint density at radius 3 is 2.54 bits per heavy atom. The molecule has 0 saturated carbocycles. The highest BCUT2D eigenvalue weighted by atomic mass is 127. The maximum absolute atomic E-state index is 5.38. The fourth-order valence-corrected chi connectivity index (χ4v) is 2.63. The average molecular weight is 446 g/mol. The van der Waals surface area contributed by atoms with Crippen molar-refractivity contribution in [3.8, 4) is 0 Å². The van der Waals surface area contributed by atoms with Crippen LogP contribution in [0, 0.1) is 6.92 Å². The van der Waals surface area contributed by atoms with Crippen LogP contribution in [-0.4, -0.2) is 68.7 Å². The van der Waals surface area contributed by atoms with E-state index >= 15 is 0 Å². The summed E-state index contributed by atoms with van der Waals surface area (Å²) in [5.41, 5.74) is 2.60. The van der Waals surface area contributed by atoms with Crippen molar-refractivity contribution in [1.29, 1.82) is 0 Å². The van der Waals surface area contributed by atoms with Crippen molar-refractivity contribution in [1.82, 2.24) is 15.1 Å². The number of aliphatic imine (C=N–C) groups is 1. The molecule has 1 aromatic carbocycles. The zero-order valence-corrected chi connectivity index (χ0v) is 17.5. The lowest BCUT2D eigenvalue weighted by Gasteiger charge is -2.26. The highest BCUT2D eigenvalue weighted by Crippen LogP contribution is 2.06. The van der Waals surface area contributed by atoms with E-state index in [-0.39, 0.29) is 24.0 Å². The molecule has 1 heterocycles. The molecule has 1 aliphatic heterocycles. The van der Waals surface area contributed by atoms with Gasteiger partial charge in [-0.15, -0.1) is 24.0 Å². The Hall–Kier alpha value is -0.860. The van der Waals surface area contributed by atoms with E-state index in [1.807, 2.05) is 0 Å². The zero-order chi connectivity index (χ0) is 16.5. The molecule has 5 nitrogen and oxygen atoms in total. The van der Waals surface area contributed by atoms with Crippen molar-refractivity contribution < 1.29 is 4.74 Å². The summed E-state index contributed by atoms with van der Waals surface area (Å²) in [6.45, 7) is 11.5. The Kier molecular flexibility index (Phi) is 10.3. The molecule has 6 heteroatoms. The first-order chi connectivity index (χ1) is 11.2. The highest BCUT2D eigenvalue weighted by molar-refractivity contribution is 14.0. The van der Waals surface area contributed by atoms with Gasteiger partial charge in [-0.3, -0.25) is 9.89 Å².